The number of hydrogen-bond acceptors (Lipinski definition) is 3. The van der Waals surface area contributed by atoms with Crippen LogP contribution in [0, 0.1) is 6.92 Å². The fourth-order valence-corrected chi connectivity index (χ4v) is 3.63. The number of aryl methyl sites for hydroxylation is 1. The smallest absolute Gasteiger partial charge is 0.119 e. The van der Waals surface area contributed by atoms with Crippen LogP contribution in [0.4, 0.5) is 0 Å². The predicted molar refractivity (Wildman–Crippen MR) is 131 cm³/mol. The summed E-state index contributed by atoms with van der Waals surface area (Å²) in [6.07, 6.45) is 1.00. The van der Waals surface area contributed by atoms with Crippen LogP contribution in [0.25, 0.3) is 10.8 Å². The maximum Gasteiger partial charge on any atom is 0.119 e. The second-order valence-corrected chi connectivity index (χ2v) is 8.31. The number of carbonyl (C=O) groups excluding carboxylic acids is 1. The molecule has 33 heavy (non-hydrogen) atoms. The zero-order valence-corrected chi connectivity index (χ0v) is 19.5. The van der Waals surface area contributed by atoms with Gasteiger partial charge in [-0.05, 0) is 41.0 Å². The molecule has 0 radical (unpaired) electrons. The van der Waals surface area contributed by atoms with E-state index in [1.165, 1.54) is 16.7 Å². The maximum absolute atomic E-state index is 10.8. The van der Waals surface area contributed by atoms with Gasteiger partial charge in [0.15, 0.2) is 0 Å². The summed E-state index contributed by atoms with van der Waals surface area (Å²) in [7, 11) is 1.62. The highest BCUT2D eigenvalue weighted by Crippen LogP contribution is 2.24. The second kappa shape index (κ2) is 11.3. The van der Waals surface area contributed by atoms with Crippen molar-refractivity contribution < 1.29 is 20.4 Å². The summed E-state index contributed by atoms with van der Waals surface area (Å²) in [6, 6.07) is 30.8. The molecule has 4 rings (SSSR count). The van der Waals surface area contributed by atoms with Gasteiger partial charge in [0.05, 0.1) is 7.11 Å². The first-order chi connectivity index (χ1) is 15.9. The first-order valence-corrected chi connectivity index (χ1v) is 11.1. The highest BCUT2D eigenvalue weighted by molar-refractivity contribution is 5.86. The number of aliphatic carboxylic acids is 1. The van der Waals surface area contributed by atoms with Crippen LogP contribution >= 0.6 is 0 Å². The number of quaternary nitrogens is 1. The van der Waals surface area contributed by atoms with E-state index in [2.05, 4.69) is 61.2 Å². The molecular weight excluding hydrogens is 410 g/mol. The Bertz CT molecular complexity index is 1190. The van der Waals surface area contributed by atoms with Crippen molar-refractivity contribution in [1.82, 2.24) is 0 Å². The predicted octanol–water partition coefficient (Wildman–Crippen LogP) is 4.22. The summed E-state index contributed by atoms with van der Waals surface area (Å²) in [5, 5.41) is 12.8. The molecule has 0 aromatic heterocycles. The van der Waals surface area contributed by atoms with Gasteiger partial charge in [0.1, 0.15) is 11.8 Å². The van der Waals surface area contributed by atoms with Crippen molar-refractivity contribution in [2.45, 2.75) is 32.2 Å². The monoisotopic (exact) mass is 441 g/mol. The van der Waals surface area contributed by atoms with E-state index in [1.54, 1.807) is 14.0 Å². The lowest BCUT2D eigenvalue weighted by Gasteiger charge is -2.13. The number of carboxylic acids is 1. The van der Waals surface area contributed by atoms with Gasteiger partial charge in [-0.15, -0.1) is 0 Å². The van der Waals surface area contributed by atoms with Gasteiger partial charge in [0, 0.05) is 23.9 Å². The highest BCUT2D eigenvalue weighted by atomic mass is 16.5. The zero-order valence-electron chi connectivity index (χ0n) is 19.5. The Balaban J connectivity index is 0.000000186. The van der Waals surface area contributed by atoms with Crippen LogP contribution in [0.15, 0.2) is 91.0 Å². The first-order valence-electron chi connectivity index (χ1n) is 11.1. The highest BCUT2D eigenvalue weighted by Gasteiger charge is 2.09. The Kier molecular flexibility index (Phi) is 8.22. The lowest BCUT2D eigenvalue weighted by atomic mass is 9.98. The Morgan fingerprint density at radius 2 is 1.52 bits per heavy atom. The zero-order chi connectivity index (χ0) is 23.8. The molecular formula is C29H31NO3. The normalized spacial score (nSPS) is 12.4. The van der Waals surface area contributed by atoms with Gasteiger partial charge < -0.3 is 20.4 Å². The molecule has 4 nitrogen and oxygen atoms in total. The molecule has 0 bridgehead atoms. The summed E-state index contributed by atoms with van der Waals surface area (Å²) in [5.41, 5.74) is 8.95. The molecule has 0 heterocycles. The minimum atomic E-state index is -1.06. The Labute approximate surface area is 195 Å². The van der Waals surface area contributed by atoms with Crippen molar-refractivity contribution in [3.05, 3.63) is 113 Å². The van der Waals surface area contributed by atoms with Gasteiger partial charge in [-0.3, -0.25) is 0 Å². The quantitative estimate of drug-likeness (QED) is 0.487. The summed E-state index contributed by atoms with van der Waals surface area (Å²) >= 11 is 0. The molecule has 4 aromatic carbocycles. The lowest BCUT2D eigenvalue weighted by Crippen LogP contribution is -2.54. The molecule has 0 aliphatic heterocycles. The Morgan fingerprint density at radius 1 is 0.879 bits per heavy atom. The molecule has 0 saturated carbocycles. The van der Waals surface area contributed by atoms with Crippen molar-refractivity contribution in [3.8, 4) is 5.75 Å². The van der Waals surface area contributed by atoms with Crippen LogP contribution < -0.4 is 15.6 Å². The fraction of sp³-hybridized carbons (Fsp3) is 0.207. The van der Waals surface area contributed by atoms with E-state index in [-0.39, 0.29) is 0 Å². The van der Waals surface area contributed by atoms with Crippen LogP contribution in [0.5, 0.6) is 5.75 Å². The largest absolute Gasteiger partial charge is 0.550 e. The third-order valence-electron chi connectivity index (χ3n) is 5.80. The molecule has 170 valence electrons. The van der Waals surface area contributed by atoms with E-state index in [9.17, 15) is 9.90 Å². The number of ether oxygens (including phenoxy) is 1. The second-order valence-electron chi connectivity index (χ2n) is 8.31. The number of carboxylic acid groups (broad SMARTS) is 1. The van der Waals surface area contributed by atoms with Crippen LogP contribution in [-0.4, -0.2) is 13.1 Å². The third kappa shape index (κ3) is 6.67. The van der Waals surface area contributed by atoms with Crippen molar-refractivity contribution in [2.75, 3.05) is 7.11 Å². The number of benzene rings is 4. The fourth-order valence-electron chi connectivity index (χ4n) is 3.63. The number of fused-ring (bicyclic) bond motifs is 1. The number of rotatable bonds is 6. The average Bonchev–Trinajstić information content (AvgIpc) is 2.85. The van der Waals surface area contributed by atoms with E-state index >= 15 is 0 Å². The van der Waals surface area contributed by atoms with Crippen molar-refractivity contribution in [1.29, 1.82) is 0 Å². The van der Waals surface area contributed by atoms with Crippen LogP contribution in [0.1, 0.15) is 41.1 Å². The van der Waals surface area contributed by atoms with Crippen molar-refractivity contribution in [3.63, 3.8) is 0 Å². The summed E-state index contributed by atoms with van der Waals surface area (Å²) in [6.45, 7) is 3.74. The Morgan fingerprint density at radius 3 is 2.15 bits per heavy atom. The van der Waals surface area contributed by atoms with E-state index in [4.69, 9.17) is 4.74 Å². The standard InChI is InChI=1S/C15H17N.C14H14O3/c1-12-7-9-13(10-8-12)11-15(16)14-5-3-2-4-6-14;1-9(14(15)16)10-3-4-12-8-13(17-2)6-5-11(12)7-10/h2-10,15H,11,16H2,1H3;3-9H,1-2H3,(H,15,16)/t;9-/m.0/s1. The number of carbonyl (C=O) groups is 1. The summed E-state index contributed by atoms with van der Waals surface area (Å²) in [4.78, 5) is 10.8. The van der Waals surface area contributed by atoms with E-state index < -0.39 is 11.9 Å². The summed E-state index contributed by atoms with van der Waals surface area (Å²) in [5.74, 6) is -0.863. The number of methoxy groups -OCH3 is 1. The van der Waals surface area contributed by atoms with Crippen LogP contribution in [0.3, 0.4) is 0 Å². The minimum absolute atomic E-state index is 0.337. The molecule has 0 spiro atoms. The average molecular weight is 442 g/mol. The molecule has 0 aliphatic rings. The van der Waals surface area contributed by atoms with Crippen LogP contribution in [-0.2, 0) is 11.2 Å². The third-order valence-corrected chi connectivity index (χ3v) is 5.80. The molecule has 2 atom stereocenters. The molecule has 3 N–H and O–H groups in total. The van der Waals surface area contributed by atoms with Gasteiger partial charge in [0.25, 0.3) is 0 Å². The molecule has 4 aromatic rings. The molecule has 0 fully saturated rings. The van der Waals surface area contributed by atoms with Gasteiger partial charge >= 0.3 is 0 Å². The van der Waals surface area contributed by atoms with Gasteiger partial charge in [-0.25, -0.2) is 0 Å². The van der Waals surface area contributed by atoms with Crippen molar-refractivity contribution >= 4 is 16.7 Å². The van der Waals surface area contributed by atoms with E-state index in [0.29, 0.717) is 6.04 Å². The van der Waals surface area contributed by atoms with E-state index in [1.807, 2.05) is 42.5 Å². The minimum Gasteiger partial charge on any atom is -0.550 e. The van der Waals surface area contributed by atoms with Gasteiger partial charge in [-0.2, -0.15) is 0 Å². The van der Waals surface area contributed by atoms with Gasteiger partial charge in [0.2, 0.25) is 0 Å². The maximum atomic E-state index is 10.8. The van der Waals surface area contributed by atoms with E-state index in [0.717, 1.165) is 28.5 Å². The topological polar surface area (TPSA) is 77.0 Å². The molecule has 1 unspecified atom stereocenters. The molecule has 4 heteroatoms. The SMILES string of the molecule is COc1ccc2cc([C@H](C)C(=O)[O-])ccc2c1.Cc1ccc(CC([NH3+])c2ccccc2)cc1. The summed E-state index contributed by atoms with van der Waals surface area (Å²) < 4.78 is 5.13. The number of hydrogen-bond donors (Lipinski definition) is 1. The molecule has 0 amide bonds. The first kappa shape index (κ1) is 24.0. The van der Waals surface area contributed by atoms with Crippen molar-refractivity contribution in [2.24, 2.45) is 0 Å². The molecule has 0 aliphatic carbocycles. The molecule has 0 saturated heterocycles. The van der Waals surface area contributed by atoms with Gasteiger partial charge in [-0.1, -0.05) is 91.3 Å². The lowest BCUT2D eigenvalue weighted by molar-refractivity contribution is -0.426. The Hall–Kier alpha value is -3.63. The van der Waals surface area contributed by atoms with Crippen LogP contribution in [0.2, 0.25) is 0 Å².